The quantitative estimate of drug-likeness (QED) is 0.210. The zero-order valence-electron chi connectivity index (χ0n) is 27.1. The number of aromatic amines is 1. The minimum Gasteiger partial charge on any atom is -0.388 e. The van der Waals surface area contributed by atoms with Crippen molar-refractivity contribution in [3.05, 3.63) is 92.1 Å². The highest BCUT2D eigenvalue weighted by atomic mass is 16.5. The molecule has 242 valence electrons. The summed E-state index contributed by atoms with van der Waals surface area (Å²) in [7, 11) is 0. The van der Waals surface area contributed by atoms with Crippen LogP contribution >= 0.6 is 0 Å². The van der Waals surface area contributed by atoms with E-state index in [1.165, 1.54) is 0 Å². The Morgan fingerprint density at radius 2 is 1.76 bits per heavy atom. The van der Waals surface area contributed by atoms with E-state index in [4.69, 9.17) is 19.3 Å². The molecule has 1 aliphatic carbocycles. The van der Waals surface area contributed by atoms with Gasteiger partial charge in [0.15, 0.2) is 5.82 Å². The molecule has 0 radical (unpaired) electrons. The second-order valence-electron chi connectivity index (χ2n) is 12.9. The Hall–Kier alpha value is -4.35. The summed E-state index contributed by atoms with van der Waals surface area (Å²) in [6.45, 7) is 9.41. The highest BCUT2D eigenvalue weighted by Gasteiger charge is 2.32. The van der Waals surface area contributed by atoms with Gasteiger partial charge in [-0.1, -0.05) is 67.0 Å². The molecular weight excluding hydrogens is 584 g/mol. The van der Waals surface area contributed by atoms with Crippen LogP contribution in [-0.2, 0) is 17.6 Å². The molecule has 46 heavy (non-hydrogen) atoms. The largest absolute Gasteiger partial charge is 0.439 e. The maximum Gasteiger partial charge on any atom is 0.439 e. The van der Waals surface area contributed by atoms with Gasteiger partial charge in [-0.05, 0) is 76.5 Å². The molecular formula is C35H42N6O5. The molecule has 0 spiro atoms. The summed E-state index contributed by atoms with van der Waals surface area (Å²) >= 11 is 0. The Kier molecular flexibility index (Phi) is 8.80. The Morgan fingerprint density at radius 1 is 1.07 bits per heavy atom. The van der Waals surface area contributed by atoms with E-state index in [-0.39, 0.29) is 23.8 Å². The summed E-state index contributed by atoms with van der Waals surface area (Å²) in [5.74, 6) is 1.00. The fourth-order valence-corrected chi connectivity index (χ4v) is 6.42. The van der Waals surface area contributed by atoms with Gasteiger partial charge in [0.05, 0.1) is 23.5 Å². The van der Waals surface area contributed by atoms with Gasteiger partial charge in [0, 0.05) is 23.6 Å². The van der Waals surface area contributed by atoms with Crippen molar-refractivity contribution in [3.8, 4) is 22.5 Å². The van der Waals surface area contributed by atoms with Crippen molar-refractivity contribution >= 4 is 5.78 Å². The zero-order chi connectivity index (χ0) is 32.6. The summed E-state index contributed by atoms with van der Waals surface area (Å²) in [5.41, 5.74) is 4.34. The topological polar surface area (TPSA) is 141 Å². The highest BCUT2D eigenvalue weighted by molar-refractivity contribution is 5.80. The first-order valence-electron chi connectivity index (χ1n) is 16.2. The van der Waals surface area contributed by atoms with Crippen LogP contribution in [0.4, 0.5) is 0 Å². The fourth-order valence-electron chi connectivity index (χ4n) is 6.42. The lowest BCUT2D eigenvalue weighted by Crippen LogP contribution is -2.40. The maximum atomic E-state index is 14.4. The molecule has 0 aliphatic heterocycles. The van der Waals surface area contributed by atoms with E-state index >= 15 is 0 Å². The lowest BCUT2D eigenvalue weighted by atomic mass is 9.91. The number of aryl methyl sites for hydroxylation is 2. The van der Waals surface area contributed by atoms with Crippen molar-refractivity contribution in [1.82, 2.24) is 29.3 Å². The van der Waals surface area contributed by atoms with Crippen LogP contribution in [0, 0.1) is 6.92 Å². The molecule has 11 heteroatoms. The molecule has 2 aromatic carbocycles. The lowest BCUT2D eigenvalue weighted by Gasteiger charge is -2.35. The molecule has 3 heterocycles. The van der Waals surface area contributed by atoms with Crippen LogP contribution in [0.3, 0.4) is 0 Å². The van der Waals surface area contributed by atoms with Gasteiger partial charge in [0.2, 0.25) is 5.78 Å². The summed E-state index contributed by atoms with van der Waals surface area (Å²) in [4.78, 5) is 33.4. The minimum absolute atomic E-state index is 0.0120. The number of H-pyrrole nitrogens is 1. The number of hydrogen-bond acceptors (Lipinski definition) is 8. The maximum absolute atomic E-state index is 14.4. The molecule has 1 fully saturated rings. The van der Waals surface area contributed by atoms with Gasteiger partial charge in [-0.3, -0.25) is 18.9 Å². The Labute approximate surface area is 267 Å². The zero-order valence-corrected chi connectivity index (χ0v) is 27.1. The van der Waals surface area contributed by atoms with Crippen LogP contribution in [0.5, 0.6) is 0 Å². The number of benzene rings is 2. The van der Waals surface area contributed by atoms with Gasteiger partial charge < -0.3 is 9.84 Å². The average molecular weight is 627 g/mol. The van der Waals surface area contributed by atoms with Crippen LogP contribution in [-0.4, -0.2) is 52.2 Å². The molecule has 0 saturated heterocycles. The number of nitrogens with zero attached hydrogens (tertiary/aromatic N) is 5. The van der Waals surface area contributed by atoms with Crippen molar-refractivity contribution < 1.29 is 14.4 Å². The molecule has 1 unspecified atom stereocenters. The smallest absolute Gasteiger partial charge is 0.388 e. The van der Waals surface area contributed by atoms with Gasteiger partial charge in [-0.2, -0.15) is 10.1 Å². The Balaban J connectivity index is 1.32. The molecule has 1 aliphatic rings. The van der Waals surface area contributed by atoms with E-state index in [2.05, 4.69) is 17.1 Å². The number of nitrogens with one attached hydrogen (secondary N) is 1. The third-order valence-electron chi connectivity index (χ3n) is 9.15. The number of aromatic nitrogens is 6. The first-order chi connectivity index (χ1) is 22.0. The van der Waals surface area contributed by atoms with Gasteiger partial charge in [-0.15, -0.1) is 0 Å². The summed E-state index contributed by atoms with van der Waals surface area (Å²) < 4.78 is 14.7. The van der Waals surface area contributed by atoms with E-state index in [0.29, 0.717) is 30.3 Å². The highest BCUT2D eigenvalue weighted by Crippen LogP contribution is 2.33. The number of hydrogen-bond donors (Lipinski definition) is 2. The molecule has 11 nitrogen and oxygen atoms in total. The standard InChI is InChI=1S/C35H42N6O5/c1-6-9-30-29(20-23-12-14-24(15-13-23)27-10-7-8-11-28(27)31-37-34(43)46-39-31)32(42)40(33-36-22(3)38-41(30)33)25-16-18-26(19-17-25)45-21(2)35(4,5)44/h7-8,10-15,21,25-26,44H,6,9,16-20H2,1-5H3,(H,37,39,43)/t21?,25-,26-. The van der Waals surface area contributed by atoms with E-state index in [1.54, 1.807) is 13.8 Å². The third kappa shape index (κ3) is 6.34. The van der Waals surface area contributed by atoms with E-state index in [0.717, 1.165) is 65.6 Å². The normalized spacial score (nSPS) is 17.9. The number of fused-ring (bicyclic) bond motifs is 1. The molecule has 5 aromatic rings. The van der Waals surface area contributed by atoms with Gasteiger partial charge >= 0.3 is 5.76 Å². The first-order valence-corrected chi connectivity index (χ1v) is 16.2. The molecule has 0 amide bonds. The van der Waals surface area contributed by atoms with Crippen molar-refractivity contribution in [2.75, 3.05) is 0 Å². The lowest BCUT2D eigenvalue weighted by molar-refractivity contribution is -0.118. The Bertz CT molecular complexity index is 1940. The second kappa shape index (κ2) is 12.8. The molecule has 2 N–H and O–H groups in total. The van der Waals surface area contributed by atoms with Crippen LogP contribution in [0.2, 0.25) is 0 Å². The predicted octanol–water partition coefficient (Wildman–Crippen LogP) is 5.41. The molecule has 6 rings (SSSR count). The molecule has 1 atom stereocenters. The van der Waals surface area contributed by atoms with Crippen LogP contribution in [0.15, 0.2) is 62.6 Å². The van der Waals surface area contributed by atoms with Crippen molar-refractivity contribution in [2.45, 2.75) is 103 Å². The van der Waals surface area contributed by atoms with E-state index < -0.39 is 11.4 Å². The van der Waals surface area contributed by atoms with Gasteiger partial charge in [-0.25, -0.2) is 9.31 Å². The summed E-state index contributed by atoms with van der Waals surface area (Å²) in [6.07, 6.45) is 4.95. The van der Waals surface area contributed by atoms with E-state index in [9.17, 15) is 14.7 Å². The predicted molar refractivity (Wildman–Crippen MR) is 175 cm³/mol. The van der Waals surface area contributed by atoms with Gasteiger partial charge in [0.1, 0.15) is 5.82 Å². The first kappa shape index (κ1) is 31.6. The minimum atomic E-state index is -0.915. The fraction of sp³-hybridized carbons (Fsp3) is 0.457. The number of rotatable bonds is 10. The Morgan fingerprint density at radius 3 is 2.39 bits per heavy atom. The number of aliphatic hydroxyl groups is 1. The summed E-state index contributed by atoms with van der Waals surface area (Å²) in [6, 6.07) is 15.8. The SMILES string of the molecule is CCCc1c(Cc2ccc(-c3ccccc3-c3noc(=O)[nH]3)cc2)c(=O)n([C@H]2CC[C@H](OC(C)C(C)(C)O)CC2)c2nc(C)nn12. The van der Waals surface area contributed by atoms with Crippen molar-refractivity contribution in [1.29, 1.82) is 0 Å². The van der Waals surface area contributed by atoms with E-state index in [1.807, 2.05) is 71.5 Å². The van der Waals surface area contributed by atoms with Crippen LogP contribution < -0.4 is 11.3 Å². The average Bonchev–Trinajstić information content (AvgIpc) is 3.64. The second-order valence-corrected chi connectivity index (χ2v) is 12.9. The van der Waals surface area contributed by atoms with Crippen LogP contribution in [0.1, 0.15) is 88.5 Å². The van der Waals surface area contributed by atoms with Crippen molar-refractivity contribution in [3.63, 3.8) is 0 Å². The molecule has 1 saturated carbocycles. The van der Waals surface area contributed by atoms with Crippen LogP contribution in [0.25, 0.3) is 28.3 Å². The molecule has 0 bridgehead atoms. The molecule has 3 aromatic heterocycles. The third-order valence-corrected chi connectivity index (χ3v) is 9.15. The summed E-state index contributed by atoms with van der Waals surface area (Å²) in [5, 5.41) is 19.0. The number of ether oxygens (including phenoxy) is 1. The van der Waals surface area contributed by atoms with Crippen molar-refractivity contribution in [2.24, 2.45) is 0 Å². The van der Waals surface area contributed by atoms with Gasteiger partial charge in [0.25, 0.3) is 5.56 Å². The monoisotopic (exact) mass is 626 g/mol.